The zero-order valence-corrected chi connectivity index (χ0v) is 14.8. The molecule has 1 amide bonds. The molecule has 1 aliphatic carbocycles. The number of benzene rings is 1. The van der Waals surface area contributed by atoms with Gasteiger partial charge in [-0.25, -0.2) is 0 Å². The van der Waals surface area contributed by atoms with Crippen LogP contribution in [0.25, 0.3) is 0 Å². The van der Waals surface area contributed by atoms with E-state index >= 15 is 0 Å². The highest BCUT2D eigenvalue weighted by molar-refractivity contribution is 5.94. The van der Waals surface area contributed by atoms with E-state index in [1.807, 2.05) is 75.1 Å². The molecule has 2 aliphatic rings. The molecule has 128 valence electrons. The summed E-state index contributed by atoms with van der Waals surface area (Å²) in [6, 6.07) is 9.87. The van der Waals surface area contributed by atoms with Crippen LogP contribution >= 0.6 is 0 Å². The van der Waals surface area contributed by atoms with Crippen molar-refractivity contribution in [2.75, 3.05) is 6.54 Å². The van der Waals surface area contributed by atoms with Gasteiger partial charge in [0, 0.05) is 6.54 Å². The van der Waals surface area contributed by atoms with Crippen LogP contribution in [0, 0.1) is 11.3 Å². The van der Waals surface area contributed by atoms with E-state index in [4.69, 9.17) is 4.74 Å². The second-order valence-electron chi connectivity index (χ2n) is 7.79. The fraction of sp³-hybridized carbons (Fsp3) is 0.500. The molecular formula is C20H25NO3. The fourth-order valence-corrected chi connectivity index (χ4v) is 3.67. The molecule has 4 heteroatoms. The van der Waals surface area contributed by atoms with Crippen molar-refractivity contribution in [3.63, 3.8) is 0 Å². The van der Waals surface area contributed by atoms with Crippen molar-refractivity contribution < 1.29 is 14.3 Å². The van der Waals surface area contributed by atoms with E-state index in [1.165, 1.54) is 0 Å². The van der Waals surface area contributed by atoms with Gasteiger partial charge in [0.05, 0.1) is 12.0 Å². The molecular weight excluding hydrogens is 302 g/mol. The van der Waals surface area contributed by atoms with Crippen LogP contribution in [0.2, 0.25) is 0 Å². The first-order valence-electron chi connectivity index (χ1n) is 8.51. The average molecular weight is 327 g/mol. The van der Waals surface area contributed by atoms with Crippen molar-refractivity contribution in [3.8, 4) is 0 Å². The van der Waals surface area contributed by atoms with Gasteiger partial charge in [-0.05, 0) is 39.7 Å². The van der Waals surface area contributed by atoms with Crippen LogP contribution in [0.3, 0.4) is 0 Å². The maximum atomic E-state index is 13.0. The lowest BCUT2D eigenvalue weighted by molar-refractivity contribution is -0.166. The number of allylic oxidation sites excluding steroid dienone is 1. The molecule has 1 heterocycles. The third-order valence-electron chi connectivity index (χ3n) is 4.95. The van der Waals surface area contributed by atoms with Gasteiger partial charge in [0.25, 0.3) is 0 Å². The van der Waals surface area contributed by atoms with E-state index in [1.54, 1.807) is 0 Å². The predicted molar refractivity (Wildman–Crippen MR) is 92.1 cm³/mol. The minimum absolute atomic E-state index is 0.0437. The summed E-state index contributed by atoms with van der Waals surface area (Å²) in [6.07, 6.45) is 4.44. The number of likely N-dealkylation sites (tertiary alicyclic amines) is 1. The summed E-state index contributed by atoms with van der Waals surface area (Å²) in [5, 5.41) is 0. The molecule has 0 N–H and O–H groups in total. The largest absolute Gasteiger partial charge is 0.459 e. The zero-order valence-electron chi connectivity index (χ0n) is 14.8. The molecule has 3 rings (SSSR count). The smallest absolute Gasteiger partial charge is 0.319 e. The number of rotatable bonds is 3. The van der Waals surface area contributed by atoms with Crippen molar-refractivity contribution >= 4 is 11.9 Å². The number of hydrogen-bond acceptors (Lipinski definition) is 3. The normalized spacial score (nSPS) is 27.2. The Balaban J connectivity index is 1.88. The van der Waals surface area contributed by atoms with Crippen LogP contribution in [-0.2, 0) is 14.3 Å². The maximum absolute atomic E-state index is 13.0. The van der Waals surface area contributed by atoms with Crippen LogP contribution < -0.4 is 0 Å². The first-order chi connectivity index (χ1) is 11.2. The SMILES string of the molecule is C[C@H](c1ccccc1)N1C[C@]2(C(=O)OC(C)(C)C)C=CC[C@@H]2C1=O. The lowest BCUT2D eigenvalue weighted by atomic mass is 9.80. The summed E-state index contributed by atoms with van der Waals surface area (Å²) in [6.45, 7) is 7.97. The summed E-state index contributed by atoms with van der Waals surface area (Å²) in [5.74, 6) is -0.578. The lowest BCUT2D eigenvalue weighted by Gasteiger charge is -2.30. The minimum atomic E-state index is -0.840. The molecule has 4 nitrogen and oxygen atoms in total. The topological polar surface area (TPSA) is 46.6 Å². The second kappa shape index (κ2) is 5.76. The predicted octanol–water partition coefficient (Wildman–Crippen LogP) is 3.49. The van der Waals surface area contributed by atoms with Gasteiger partial charge in [-0.2, -0.15) is 0 Å². The van der Waals surface area contributed by atoms with E-state index in [9.17, 15) is 9.59 Å². The average Bonchev–Trinajstić information content (AvgIpc) is 3.06. The van der Waals surface area contributed by atoms with Gasteiger partial charge in [0.2, 0.25) is 5.91 Å². The number of hydrogen-bond donors (Lipinski definition) is 0. The van der Waals surface area contributed by atoms with Gasteiger partial charge in [0.15, 0.2) is 0 Å². The van der Waals surface area contributed by atoms with Crippen LogP contribution in [0.15, 0.2) is 42.5 Å². The van der Waals surface area contributed by atoms with Gasteiger partial charge in [-0.3, -0.25) is 9.59 Å². The van der Waals surface area contributed by atoms with Crippen molar-refractivity contribution in [2.24, 2.45) is 11.3 Å². The molecule has 0 unspecified atom stereocenters. The number of amides is 1. The lowest BCUT2D eigenvalue weighted by Crippen LogP contribution is -2.40. The molecule has 1 aromatic carbocycles. The van der Waals surface area contributed by atoms with Gasteiger partial charge in [0.1, 0.15) is 11.0 Å². The van der Waals surface area contributed by atoms with Gasteiger partial charge < -0.3 is 9.64 Å². The third kappa shape index (κ3) is 2.74. The highest BCUT2D eigenvalue weighted by Crippen LogP contribution is 2.48. The molecule has 0 bridgehead atoms. The summed E-state index contributed by atoms with van der Waals surface area (Å²) in [4.78, 5) is 27.6. The first-order valence-corrected chi connectivity index (χ1v) is 8.51. The number of ether oxygens (including phenoxy) is 1. The molecule has 1 fully saturated rings. The second-order valence-corrected chi connectivity index (χ2v) is 7.79. The van der Waals surface area contributed by atoms with Crippen molar-refractivity contribution in [2.45, 2.75) is 45.8 Å². The Morgan fingerprint density at radius 2 is 1.96 bits per heavy atom. The van der Waals surface area contributed by atoms with E-state index in [2.05, 4.69) is 0 Å². The molecule has 24 heavy (non-hydrogen) atoms. The van der Waals surface area contributed by atoms with Gasteiger partial charge in [-0.1, -0.05) is 42.5 Å². The highest BCUT2D eigenvalue weighted by Gasteiger charge is 2.59. The van der Waals surface area contributed by atoms with Crippen molar-refractivity contribution in [1.82, 2.24) is 4.90 Å². The number of carbonyl (C=O) groups excluding carboxylic acids is 2. The third-order valence-corrected chi connectivity index (χ3v) is 4.95. The van der Waals surface area contributed by atoms with E-state index < -0.39 is 11.0 Å². The number of esters is 1. The van der Waals surface area contributed by atoms with Crippen LogP contribution in [0.4, 0.5) is 0 Å². The standard InChI is InChI=1S/C20H25NO3/c1-14(15-9-6-5-7-10-15)21-13-20(18(23)24-19(2,3)4)12-8-11-16(20)17(21)22/h5-10,12,14,16H,11,13H2,1-4H3/t14-,16-,20-/m1/s1. The Morgan fingerprint density at radius 3 is 2.58 bits per heavy atom. The summed E-state index contributed by atoms with van der Waals surface area (Å²) < 4.78 is 5.64. The summed E-state index contributed by atoms with van der Waals surface area (Å²) in [7, 11) is 0. The van der Waals surface area contributed by atoms with Gasteiger partial charge in [-0.15, -0.1) is 0 Å². The molecule has 0 saturated carbocycles. The Bertz CT molecular complexity index is 674. The molecule has 0 radical (unpaired) electrons. The molecule has 0 spiro atoms. The number of nitrogens with zero attached hydrogens (tertiary/aromatic N) is 1. The monoisotopic (exact) mass is 327 g/mol. The Kier molecular flexibility index (Phi) is 4.02. The Morgan fingerprint density at radius 1 is 1.29 bits per heavy atom. The van der Waals surface area contributed by atoms with Crippen molar-refractivity contribution in [1.29, 1.82) is 0 Å². The number of fused-ring (bicyclic) bond motifs is 1. The Hall–Kier alpha value is -2.10. The molecule has 1 aromatic rings. The van der Waals surface area contributed by atoms with E-state index in [-0.39, 0.29) is 23.8 Å². The molecule has 1 aliphatic heterocycles. The summed E-state index contributed by atoms with van der Waals surface area (Å²) in [5.41, 5.74) is -0.323. The number of carbonyl (C=O) groups is 2. The molecule has 0 aromatic heterocycles. The first kappa shape index (κ1) is 16.7. The van der Waals surface area contributed by atoms with Crippen molar-refractivity contribution in [3.05, 3.63) is 48.0 Å². The highest BCUT2D eigenvalue weighted by atomic mass is 16.6. The fourth-order valence-electron chi connectivity index (χ4n) is 3.67. The van der Waals surface area contributed by atoms with Crippen LogP contribution in [0.1, 0.15) is 45.7 Å². The van der Waals surface area contributed by atoms with E-state index in [0.717, 1.165) is 5.56 Å². The van der Waals surface area contributed by atoms with Crippen LogP contribution in [0.5, 0.6) is 0 Å². The minimum Gasteiger partial charge on any atom is -0.459 e. The van der Waals surface area contributed by atoms with E-state index in [0.29, 0.717) is 13.0 Å². The van der Waals surface area contributed by atoms with Crippen LogP contribution in [-0.4, -0.2) is 28.9 Å². The molecule has 3 atom stereocenters. The summed E-state index contributed by atoms with van der Waals surface area (Å²) >= 11 is 0. The Labute approximate surface area is 143 Å². The zero-order chi connectivity index (χ0) is 17.5. The molecule has 1 saturated heterocycles. The maximum Gasteiger partial charge on any atom is 0.319 e. The van der Waals surface area contributed by atoms with Gasteiger partial charge >= 0.3 is 5.97 Å². The quantitative estimate of drug-likeness (QED) is 0.630.